The molecule has 1 aromatic rings. The third-order valence-corrected chi connectivity index (χ3v) is 2.76. The average molecular weight is 252 g/mol. The molecule has 1 unspecified atom stereocenters. The predicted molar refractivity (Wildman–Crippen MR) is 57.3 cm³/mol. The number of hydrogen-bond acceptors (Lipinski definition) is 2. The average Bonchev–Trinajstić information content (AvgIpc) is 2.45. The van der Waals surface area contributed by atoms with Crippen molar-refractivity contribution in [2.75, 3.05) is 0 Å². The molecule has 2 rings (SSSR count). The maximum absolute atomic E-state index is 8.69. The third-order valence-electron chi connectivity index (χ3n) is 2.30. The monoisotopic (exact) mass is 251 g/mol. The maximum atomic E-state index is 8.69. The number of nitriles is 1. The minimum absolute atomic E-state index is 0.233. The zero-order chi connectivity index (χ0) is 10.1. The van der Waals surface area contributed by atoms with Gasteiger partial charge in [0.25, 0.3) is 0 Å². The van der Waals surface area contributed by atoms with Crippen molar-refractivity contribution in [1.82, 2.24) is 0 Å². The number of benzene rings is 1. The van der Waals surface area contributed by atoms with E-state index in [1.54, 1.807) is 0 Å². The van der Waals surface area contributed by atoms with Gasteiger partial charge in [0.05, 0.1) is 12.5 Å². The molecule has 1 heterocycles. The number of rotatable bonds is 1. The molecule has 0 spiro atoms. The van der Waals surface area contributed by atoms with Crippen molar-refractivity contribution in [3.63, 3.8) is 0 Å². The molecule has 1 aromatic carbocycles. The van der Waals surface area contributed by atoms with Crippen LogP contribution in [0.15, 0.2) is 16.6 Å². The molecular formula is C11H10BrNO. The zero-order valence-corrected chi connectivity index (χ0v) is 9.47. The normalized spacial score (nSPS) is 18.5. The van der Waals surface area contributed by atoms with E-state index in [1.807, 2.05) is 13.0 Å². The Kier molecular flexibility index (Phi) is 2.47. The Labute approximate surface area is 91.6 Å². The number of fused-ring (bicyclic) bond motifs is 1. The summed E-state index contributed by atoms with van der Waals surface area (Å²) >= 11 is 3.44. The van der Waals surface area contributed by atoms with E-state index in [1.165, 1.54) is 5.56 Å². The standard InChI is InChI=1S/C11H10BrNO/c1-7-4-9-6-10(12)5-8(2-3-13)11(9)14-7/h5-7H,2,4H2,1H3. The SMILES string of the molecule is CC1Cc2cc(Br)cc(CC#N)c2O1. The van der Waals surface area contributed by atoms with Crippen molar-refractivity contribution < 1.29 is 4.74 Å². The van der Waals surface area contributed by atoms with Crippen LogP contribution in [0.1, 0.15) is 18.1 Å². The number of ether oxygens (including phenoxy) is 1. The highest BCUT2D eigenvalue weighted by molar-refractivity contribution is 9.10. The zero-order valence-electron chi connectivity index (χ0n) is 7.88. The van der Waals surface area contributed by atoms with Crippen LogP contribution in [0.3, 0.4) is 0 Å². The Morgan fingerprint density at radius 1 is 1.64 bits per heavy atom. The van der Waals surface area contributed by atoms with Crippen LogP contribution in [0.4, 0.5) is 0 Å². The van der Waals surface area contributed by atoms with Crippen molar-refractivity contribution >= 4 is 15.9 Å². The van der Waals surface area contributed by atoms with Gasteiger partial charge in [-0.2, -0.15) is 5.26 Å². The topological polar surface area (TPSA) is 33.0 Å². The van der Waals surface area contributed by atoms with Gasteiger partial charge in [-0.25, -0.2) is 0 Å². The van der Waals surface area contributed by atoms with Crippen molar-refractivity contribution in [3.05, 3.63) is 27.7 Å². The first kappa shape index (κ1) is 9.54. The van der Waals surface area contributed by atoms with E-state index in [0.717, 1.165) is 22.2 Å². The number of halogens is 1. The molecule has 0 saturated heterocycles. The molecule has 3 heteroatoms. The second-order valence-corrected chi connectivity index (χ2v) is 4.44. The van der Waals surface area contributed by atoms with E-state index >= 15 is 0 Å². The van der Waals surface area contributed by atoms with Crippen molar-refractivity contribution in [1.29, 1.82) is 5.26 Å². The van der Waals surface area contributed by atoms with E-state index in [-0.39, 0.29) is 6.10 Å². The minimum atomic E-state index is 0.233. The summed E-state index contributed by atoms with van der Waals surface area (Å²) < 4.78 is 6.70. The summed E-state index contributed by atoms with van der Waals surface area (Å²) in [7, 11) is 0. The molecule has 1 aliphatic heterocycles. The highest BCUT2D eigenvalue weighted by Gasteiger charge is 2.22. The van der Waals surface area contributed by atoms with Gasteiger partial charge in [-0.3, -0.25) is 0 Å². The molecule has 0 fully saturated rings. The molecule has 0 aliphatic carbocycles. The second-order valence-electron chi connectivity index (χ2n) is 3.52. The van der Waals surface area contributed by atoms with E-state index in [0.29, 0.717) is 6.42 Å². The predicted octanol–water partition coefficient (Wildman–Crippen LogP) is 2.84. The van der Waals surface area contributed by atoms with E-state index in [9.17, 15) is 0 Å². The van der Waals surface area contributed by atoms with Crippen molar-refractivity contribution in [2.45, 2.75) is 25.9 Å². The van der Waals surface area contributed by atoms with Gasteiger partial charge in [0.2, 0.25) is 0 Å². The van der Waals surface area contributed by atoms with Gasteiger partial charge in [0.15, 0.2) is 0 Å². The molecule has 0 bridgehead atoms. The first-order valence-corrected chi connectivity index (χ1v) is 5.35. The summed E-state index contributed by atoms with van der Waals surface area (Å²) in [5.74, 6) is 0.919. The van der Waals surface area contributed by atoms with Crippen molar-refractivity contribution in [3.8, 4) is 11.8 Å². The lowest BCUT2D eigenvalue weighted by atomic mass is 10.1. The first-order chi connectivity index (χ1) is 6.70. The summed E-state index contributed by atoms with van der Waals surface area (Å²) in [6, 6.07) is 6.18. The van der Waals surface area contributed by atoms with Gasteiger partial charge in [-0.05, 0) is 24.6 Å². The van der Waals surface area contributed by atoms with Crippen LogP contribution in [-0.2, 0) is 12.8 Å². The fourth-order valence-electron chi connectivity index (χ4n) is 1.78. The molecule has 0 saturated carbocycles. The van der Waals surface area contributed by atoms with Crippen LogP contribution in [0.2, 0.25) is 0 Å². The van der Waals surface area contributed by atoms with Gasteiger partial charge in [0.1, 0.15) is 11.9 Å². The smallest absolute Gasteiger partial charge is 0.127 e. The largest absolute Gasteiger partial charge is 0.490 e. The number of hydrogen-bond donors (Lipinski definition) is 0. The fraction of sp³-hybridized carbons (Fsp3) is 0.364. The van der Waals surface area contributed by atoms with Crippen LogP contribution < -0.4 is 4.74 Å². The molecule has 0 N–H and O–H groups in total. The molecule has 72 valence electrons. The van der Waals surface area contributed by atoms with Crippen LogP contribution >= 0.6 is 15.9 Å². The van der Waals surface area contributed by atoms with Gasteiger partial charge in [-0.1, -0.05) is 15.9 Å². The van der Waals surface area contributed by atoms with Crippen LogP contribution in [0, 0.1) is 11.3 Å². The van der Waals surface area contributed by atoms with Crippen LogP contribution in [-0.4, -0.2) is 6.10 Å². The Balaban J connectivity index is 2.47. The lowest BCUT2D eigenvalue weighted by molar-refractivity contribution is 0.253. The fourth-order valence-corrected chi connectivity index (χ4v) is 2.34. The van der Waals surface area contributed by atoms with E-state index in [2.05, 4.69) is 28.1 Å². The lowest BCUT2D eigenvalue weighted by Crippen LogP contribution is -2.05. The molecule has 0 aromatic heterocycles. The van der Waals surface area contributed by atoms with Crippen molar-refractivity contribution in [2.24, 2.45) is 0 Å². The highest BCUT2D eigenvalue weighted by atomic mass is 79.9. The Bertz CT molecular complexity index is 408. The summed E-state index contributed by atoms with van der Waals surface area (Å²) in [6.07, 6.45) is 1.58. The maximum Gasteiger partial charge on any atom is 0.127 e. The molecular weight excluding hydrogens is 242 g/mol. The van der Waals surface area contributed by atoms with Crippen LogP contribution in [0.25, 0.3) is 0 Å². The summed E-state index contributed by atoms with van der Waals surface area (Å²) in [4.78, 5) is 0. The highest BCUT2D eigenvalue weighted by Crippen LogP contribution is 2.35. The summed E-state index contributed by atoms with van der Waals surface area (Å²) in [5, 5.41) is 8.69. The quantitative estimate of drug-likeness (QED) is 0.769. The molecule has 0 amide bonds. The molecule has 2 nitrogen and oxygen atoms in total. The minimum Gasteiger partial charge on any atom is -0.490 e. The third kappa shape index (κ3) is 1.62. The molecule has 1 atom stereocenters. The lowest BCUT2D eigenvalue weighted by Gasteiger charge is -2.07. The Morgan fingerprint density at radius 2 is 2.43 bits per heavy atom. The molecule has 1 aliphatic rings. The van der Waals surface area contributed by atoms with Gasteiger partial charge < -0.3 is 4.74 Å². The van der Waals surface area contributed by atoms with Crippen LogP contribution in [0.5, 0.6) is 5.75 Å². The molecule has 14 heavy (non-hydrogen) atoms. The van der Waals surface area contributed by atoms with Gasteiger partial charge >= 0.3 is 0 Å². The van der Waals surface area contributed by atoms with E-state index < -0.39 is 0 Å². The van der Waals surface area contributed by atoms with Gasteiger partial charge in [-0.15, -0.1) is 0 Å². The Hall–Kier alpha value is -1.01. The molecule has 0 radical (unpaired) electrons. The summed E-state index contributed by atoms with van der Waals surface area (Å²) in [5.41, 5.74) is 2.19. The first-order valence-electron chi connectivity index (χ1n) is 4.55. The van der Waals surface area contributed by atoms with Gasteiger partial charge in [0, 0.05) is 16.5 Å². The van der Waals surface area contributed by atoms with E-state index in [4.69, 9.17) is 10.00 Å². The second kappa shape index (κ2) is 3.62. The summed E-state index contributed by atoms with van der Waals surface area (Å²) in [6.45, 7) is 2.05. The Morgan fingerprint density at radius 3 is 3.14 bits per heavy atom. The number of nitrogens with zero attached hydrogens (tertiary/aromatic N) is 1.